The first-order valence-corrected chi connectivity index (χ1v) is 7.05. The zero-order chi connectivity index (χ0) is 15.1. The van der Waals surface area contributed by atoms with Crippen LogP contribution in [0.3, 0.4) is 0 Å². The molecule has 2 N–H and O–H groups in total. The zero-order valence-electron chi connectivity index (χ0n) is 11.7. The van der Waals surface area contributed by atoms with Crippen molar-refractivity contribution in [2.45, 2.75) is 38.3 Å². The molecule has 1 aromatic carbocycles. The van der Waals surface area contributed by atoms with Crippen LogP contribution in [0, 0.1) is 18.7 Å². The van der Waals surface area contributed by atoms with Gasteiger partial charge in [0.2, 0.25) is 0 Å². The summed E-state index contributed by atoms with van der Waals surface area (Å²) in [7, 11) is 0. The molecule has 3 unspecified atom stereocenters. The lowest BCUT2D eigenvalue weighted by Crippen LogP contribution is -2.40. The fourth-order valence-electron chi connectivity index (χ4n) is 3.52. The molecule has 2 aliphatic rings. The van der Waals surface area contributed by atoms with Crippen molar-refractivity contribution in [2.75, 3.05) is 5.32 Å². The van der Waals surface area contributed by atoms with Crippen LogP contribution in [0.1, 0.15) is 24.8 Å². The number of anilines is 1. The number of hydrogen-bond acceptors (Lipinski definition) is 2. The minimum atomic E-state index is -0.835. The van der Waals surface area contributed by atoms with Crippen molar-refractivity contribution in [3.63, 3.8) is 0 Å². The van der Waals surface area contributed by atoms with E-state index >= 15 is 0 Å². The number of urea groups is 1. The lowest BCUT2D eigenvalue weighted by molar-refractivity contribution is -0.142. The van der Waals surface area contributed by atoms with Gasteiger partial charge in [0.1, 0.15) is 5.82 Å². The number of rotatable bonds is 2. The molecule has 2 bridgehead atoms. The zero-order valence-corrected chi connectivity index (χ0v) is 11.7. The normalized spacial score (nSPS) is 27.0. The van der Waals surface area contributed by atoms with E-state index in [9.17, 15) is 19.1 Å². The smallest absolute Gasteiger partial charge is 0.322 e. The standard InChI is InChI=1S/C15H17FN2O3/c1-8-6-9(16)2-4-12(8)17-15(21)18-10-3-5-13(18)11(7-10)14(19)20/h2,4,6,10-11,13H,3,5,7H2,1H3,(H,17,21)(H,19,20). The van der Waals surface area contributed by atoms with Crippen molar-refractivity contribution in [1.82, 2.24) is 4.90 Å². The maximum absolute atomic E-state index is 13.1. The molecule has 3 rings (SSSR count). The Labute approximate surface area is 121 Å². The SMILES string of the molecule is Cc1cc(F)ccc1NC(=O)N1C2CCC1C(C(=O)O)C2. The molecule has 112 valence electrons. The number of carbonyl (C=O) groups is 2. The first kappa shape index (κ1) is 13.9. The fraction of sp³-hybridized carbons (Fsp3) is 0.467. The Kier molecular flexibility index (Phi) is 3.31. The lowest BCUT2D eigenvalue weighted by atomic mass is 9.89. The Bertz CT molecular complexity index is 605. The molecule has 0 saturated carbocycles. The molecular weight excluding hydrogens is 275 g/mol. The molecule has 0 aromatic heterocycles. The highest BCUT2D eigenvalue weighted by Gasteiger charge is 2.51. The minimum absolute atomic E-state index is 0.00291. The molecule has 0 spiro atoms. The van der Waals surface area contributed by atoms with Crippen LogP contribution in [0.5, 0.6) is 0 Å². The number of carbonyl (C=O) groups excluding carboxylic acids is 1. The second kappa shape index (κ2) is 5.02. The number of benzene rings is 1. The van der Waals surface area contributed by atoms with E-state index in [1.807, 2.05) is 0 Å². The highest BCUT2D eigenvalue weighted by molar-refractivity contribution is 5.91. The third kappa shape index (κ3) is 2.34. The molecule has 1 aromatic rings. The molecule has 2 aliphatic heterocycles. The Hall–Kier alpha value is -2.11. The number of carboxylic acid groups (broad SMARTS) is 1. The summed E-state index contributed by atoms with van der Waals surface area (Å²) < 4.78 is 13.1. The van der Waals surface area contributed by atoms with E-state index in [1.54, 1.807) is 11.8 Å². The van der Waals surface area contributed by atoms with Crippen LogP contribution in [-0.4, -0.2) is 34.1 Å². The van der Waals surface area contributed by atoms with Crippen LogP contribution in [0.4, 0.5) is 14.9 Å². The van der Waals surface area contributed by atoms with E-state index in [0.29, 0.717) is 17.7 Å². The number of aryl methyl sites for hydroxylation is 1. The second-order valence-corrected chi connectivity index (χ2v) is 5.78. The molecule has 0 aliphatic carbocycles. The maximum Gasteiger partial charge on any atom is 0.322 e. The summed E-state index contributed by atoms with van der Waals surface area (Å²) in [6, 6.07) is 3.65. The van der Waals surface area contributed by atoms with Gasteiger partial charge < -0.3 is 15.3 Å². The minimum Gasteiger partial charge on any atom is -0.481 e. The van der Waals surface area contributed by atoms with E-state index < -0.39 is 11.9 Å². The molecule has 3 atom stereocenters. The van der Waals surface area contributed by atoms with Gasteiger partial charge in [-0.1, -0.05) is 0 Å². The number of nitrogens with zero attached hydrogens (tertiary/aromatic N) is 1. The van der Waals surface area contributed by atoms with Crippen LogP contribution >= 0.6 is 0 Å². The monoisotopic (exact) mass is 292 g/mol. The summed E-state index contributed by atoms with van der Waals surface area (Å²) in [5, 5.41) is 12.0. The maximum atomic E-state index is 13.1. The predicted molar refractivity (Wildman–Crippen MR) is 74.5 cm³/mol. The molecule has 21 heavy (non-hydrogen) atoms. The van der Waals surface area contributed by atoms with Gasteiger partial charge in [0.05, 0.1) is 5.92 Å². The van der Waals surface area contributed by atoms with Gasteiger partial charge in [-0.25, -0.2) is 9.18 Å². The lowest BCUT2D eigenvalue weighted by Gasteiger charge is -2.24. The first-order valence-electron chi connectivity index (χ1n) is 7.05. The van der Waals surface area contributed by atoms with Gasteiger partial charge in [-0.3, -0.25) is 4.79 Å². The van der Waals surface area contributed by atoms with Crippen LogP contribution < -0.4 is 5.32 Å². The molecule has 2 fully saturated rings. The molecule has 6 heteroatoms. The quantitative estimate of drug-likeness (QED) is 0.880. The van der Waals surface area contributed by atoms with Crippen molar-refractivity contribution in [3.05, 3.63) is 29.6 Å². The Balaban J connectivity index is 1.76. The highest BCUT2D eigenvalue weighted by atomic mass is 19.1. The van der Waals surface area contributed by atoms with Gasteiger partial charge >= 0.3 is 12.0 Å². The summed E-state index contributed by atoms with van der Waals surface area (Å²) in [6.45, 7) is 1.72. The summed E-state index contributed by atoms with van der Waals surface area (Å²) in [5.74, 6) is -1.65. The van der Waals surface area contributed by atoms with E-state index in [-0.39, 0.29) is 23.9 Å². The molecular formula is C15H17FN2O3. The summed E-state index contributed by atoms with van der Waals surface area (Å²) >= 11 is 0. The summed E-state index contributed by atoms with van der Waals surface area (Å²) in [6.07, 6.45) is 2.11. The van der Waals surface area contributed by atoms with Crippen molar-refractivity contribution in [2.24, 2.45) is 5.92 Å². The van der Waals surface area contributed by atoms with Gasteiger partial charge in [-0.2, -0.15) is 0 Å². The summed E-state index contributed by atoms with van der Waals surface area (Å²) in [5.41, 5.74) is 1.20. The number of nitrogens with one attached hydrogen (secondary N) is 1. The highest BCUT2D eigenvalue weighted by Crippen LogP contribution is 2.42. The van der Waals surface area contributed by atoms with E-state index in [1.165, 1.54) is 18.2 Å². The Morgan fingerprint density at radius 2 is 2.14 bits per heavy atom. The predicted octanol–water partition coefficient (Wildman–Crippen LogP) is 2.60. The van der Waals surface area contributed by atoms with Gasteiger partial charge in [0, 0.05) is 17.8 Å². The fourth-order valence-corrected chi connectivity index (χ4v) is 3.52. The number of carboxylic acids is 1. The van der Waals surface area contributed by atoms with E-state index in [4.69, 9.17) is 0 Å². The third-order valence-electron chi connectivity index (χ3n) is 4.52. The molecule has 2 saturated heterocycles. The van der Waals surface area contributed by atoms with E-state index in [0.717, 1.165) is 12.8 Å². The summed E-state index contributed by atoms with van der Waals surface area (Å²) in [4.78, 5) is 25.3. The van der Waals surface area contributed by atoms with E-state index in [2.05, 4.69) is 5.32 Å². The van der Waals surface area contributed by atoms with Crippen molar-refractivity contribution < 1.29 is 19.1 Å². The molecule has 5 nitrogen and oxygen atoms in total. The Morgan fingerprint density at radius 3 is 2.76 bits per heavy atom. The average Bonchev–Trinajstić information content (AvgIpc) is 2.99. The van der Waals surface area contributed by atoms with Gasteiger partial charge in [0.15, 0.2) is 0 Å². The number of aliphatic carboxylic acids is 1. The molecule has 2 amide bonds. The number of hydrogen-bond donors (Lipinski definition) is 2. The molecule has 2 heterocycles. The Morgan fingerprint density at radius 1 is 1.38 bits per heavy atom. The third-order valence-corrected chi connectivity index (χ3v) is 4.52. The topological polar surface area (TPSA) is 69.6 Å². The largest absolute Gasteiger partial charge is 0.481 e. The van der Waals surface area contributed by atoms with Crippen molar-refractivity contribution in [1.29, 1.82) is 0 Å². The van der Waals surface area contributed by atoms with Crippen LogP contribution in [0.25, 0.3) is 0 Å². The van der Waals surface area contributed by atoms with Crippen LogP contribution in [-0.2, 0) is 4.79 Å². The average molecular weight is 292 g/mol. The van der Waals surface area contributed by atoms with Gasteiger partial charge in [-0.05, 0) is 49.9 Å². The van der Waals surface area contributed by atoms with Crippen molar-refractivity contribution >= 4 is 17.7 Å². The van der Waals surface area contributed by atoms with Gasteiger partial charge in [-0.15, -0.1) is 0 Å². The van der Waals surface area contributed by atoms with Gasteiger partial charge in [0.25, 0.3) is 0 Å². The number of fused-ring (bicyclic) bond motifs is 2. The number of halogens is 1. The number of amides is 2. The van der Waals surface area contributed by atoms with Crippen molar-refractivity contribution in [3.8, 4) is 0 Å². The second-order valence-electron chi connectivity index (χ2n) is 5.78. The first-order chi connectivity index (χ1) is 9.97. The van der Waals surface area contributed by atoms with Crippen LogP contribution in [0.15, 0.2) is 18.2 Å². The van der Waals surface area contributed by atoms with Crippen LogP contribution in [0.2, 0.25) is 0 Å². The molecule has 0 radical (unpaired) electrons.